The van der Waals surface area contributed by atoms with Crippen LogP contribution in [0.25, 0.3) is 0 Å². The Labute approximate surface area is 228 Å². The van der Waals surface area contributed by atoms with Crippen LogP contribution < -0.4 is 10.6 Å². The Balaban J connectivity index is 0.000000213. The van der Waals surface area contributed by atoms with Crippen LogP contribution in [0.15, 0.2) is 73.2 Å². The quantitative estimate of drug-likeness (QED) is 0.460. The van der Waals surface area contributed by atoms with Gasteiger partial charge in [0.1, 0.15) is 17.1 Å². The van der Waals surface area contributed by atoms with Crippen LogP contribution in [0, 0.1) is 0 Å². The summed E-state index contributed by atoms with van der Waals surface area (Å²) in [6.07, 6.45) is 6.70. The molecule has 3 aromatic rings. The predicted octanol–water partition coefficient (Wildman–Crippen LogP) is 1.81. The van der Waals surface area contributed by atoms with Crippen LogP contribution in [0.4, 0.5) is 0 Å². The van der Waals surface area contributed by atoms with Crippen molar-refractivity contribution in [2.75, 3.05) is 52.4 Å². The van der Waals surface area contributed by atoms with E-state index in [2.05, 4.69) is 25.6 Å². The molecule has 5 rings (SSSR count). The van der Waals surface area contributed by atoms with Gasteiger partial charge in [0.25, 0.3) is 11.8 Å². The number of carbonyl (C=O) groups is 3. The molecule has 2 aliphatic heterocycles. The highest BCUT2D eigenvalue weighted by Gasteiger charge is 2.24. The average Bonchev–Trinajstić information content (AvgIpc) is 3.45. The third kappa shape index (κ3) is 10.2. The van der Waals surface area contributed by atoms with E-state index in [0.717, 1.165) is 19.5 Å². The van der Waals surface area contributed by atoms with E-state index in [9.17, 15) is 14.4 Å². The molecule has 2 fully saturated rings. The minimum Gasteiger partial charge on any atom is -0.477 e. The number of hydrogen-bond acceptors (Lipinski definition) is 8. The second-order valence-corrected chi connectivity index (χ2v) is 8.74. The summed E-state index contributed by atoms with van der Waals surface area (Å²) in [5, 5.41) is 14.9. The van der Waals surface area contributed by atoms with Gasteiger partial charge in [0.05, 0.1) is 0 Å². The summed E-state index contributed by atoms with van der Waals surface area (Å²) in [5.41, 5.74) is 0.964. The maximum atomic E-state index is 12.4. The Kier molecular flexibility index (Phi) is 12.5. The highest BCUT2D eigenvalue weighted by atomic mass is 16.4. The Morgan fingerprint density at radius 1 is 0.590 bits per heavy atom. The molecule has 0 aromatic carbocycles. The van der Waals surface area contributed by atoms with E-state index in [1.807, 2.05) is 0 Å². The number of rotatable bonds is 3. The summed E-state index contributed by atoms with van der Waals surface area (Å²) < 4.78 is 0. The van der Waals surface area contributed by atoms with Crippen molar-refractivity contribution in [3.05, 3.63) is 90.3 Å². The first-order chi connectivity index (χ1) is 19.1. The van der Waals surface area contributed by atoms with E-state index in [0.29, 0.717) is 37.6 Å². The number of carboxylic acids is 1. The van der Waals surface area contributed by atoms with E-state index in [1.165, 1.54) is 31.8 Å². The van der Waals surface area contributed by atoms with Gasteiger partial charge in [-0.1, -0.05) is 18.2 Å². The standard InChI is InChI=1S/C17H18N4O2.C6H5NO2.C5H12N2/c22-16(14-6-1-3-8-18-14)20-10-5-11-21(13-12-20)17(23)15-7-2-4-9-19-15;8-6(9)5-3-1-2-4-7-5;1-2-6-4-5-7-3-1/h1-4,6-9H,5,10-13H2;1-4H,(H,8,9);6-7H,1-5H2. The predicted molar refractivity (Wildman–Crippen MR) is 146 cm³/mol. The third-order valence-electron chi connectivity index (χ3n) is 5.91. The van der Waals surface area contributed by atoms with Crippen molar-refractivity contribution in [3.63, 3.8) is 0 Å². The van der Waals surface area contributed by atoms with Crippen molar-refractivity contribution in [1.29, 1.82) is 0 Å². The molecule has 5 heterocycles. The van der Waals surface area contributed by atoms with Gasteiger partial charge < -0.3 is 25.5 Å². The fraction of sp³-hybridized carbons (Fsp3) is 0.357. The molecule has 11 nitrogen and oxygen atoms in total. The second-order valence-electron chi connectivity index (χ2n) is 8.74. The molecule has 3 aromatic heterocycles. The first kappa shape index (κ1) is 29.3. The fourth-order valence-electron chi connectivity index (χ4n) is 3.88. The van der Waals surface area contributed by atoms with Gasteiger partial charge in [-0.05, 0) is 62.3 Å². The smallest absolute Gasteiger partial charge is 0.354 e. The molecule has 2 saturated heterocycles. The van der Waals surface area contributed by atoms with Gasteiger partial charge in [-0.3, -0.25) is 19.6 Å². The Hall–Kier alpha value is -4.22. The maximum Gasteiger partial charge on any atom is 0.354 e. The van der Waals surface area contributed by atoms with Crippen LogP contribution in [-0.4, -0.2) is 100.0 Å². The lowest BCUT2D eigenvalue weighted by Crippen LogP contribution is -2.37. The van der Waals surface area contributed by atoms with E-state index < -0.39 is 5.97 Å². The fourth-order valence-corrected chi connectivity index (χ4v) is 3.88. The highest BCUT2D eigenvalue weighted by molar-refractivity contribution is 5.93. The lowest BCUT2D eigenvalue weighted by Gasteiger charge is -2.21. The lowest BCUT2D eigenvalue weighted by atomic mass is 10.3. The summed E-state index contributed by atoms with van der Waals surface area (Å²) in [7, 11) is 0. The van der Waals surface area contributed by atoms with E-state index in [4.69, 9.17) is 5.11 Å². The molecule has 0 atom stereocenters. The number of aromatic carboxylic acids is 1. The van der Waals surface area contributed by atoms with Crippen molar-refractivity contribution >= 4 is 17.8 Å². The van der Waals surface area contributed by atoms with Gasteiger partial charge in [-0.2, -0.15) is 0 Å². The number of nitrogens with one attached hydrogen (secondary N) is 2. The van der Waals surface area contributed by atoms with E-state index in [1.54, 1.807) is 70.7 Å². The minimum atomic E-state index is -0.990. The molecule has 0 radical (unpaired) electrons. The minimum absolute atomic E-state index is 0.0810. The zero-order valence-electron chi connectivity index (χ0n) is 21.9. The molecule has 2 aliphatic rings. The molecule has 3 N–H and O–H groups in total. The first-order valence-corrected chi connectivity index (χ1v) is 13.0. The molecular formula is C28H35N7O4. The van der Waals surface area contributed by atoms with Crippen LogP contribution in [0.1, 0.15) is 44.3 Å². The molecular weight excluding hydrogens is 498 g/mol. The Bertz CT molecular complexity index is 1070. The summed E-state index contributed by atoms with van der Waals surface area (Å²) in [5.74, 6) is -1.16. The van der Waals surface area contributed by atoms with Crippen LogP contribution in [-0.2, 0) is 0 Å². The van der Waals surface area contributed by atoms with Crippen LogP contribution in [0.3, 0.4) is 0 Å². The van der Waals surface area contributed by atoms with Gasteiger partial charge in [0, 0.05) is 57.9 Å². The van der Waals surface area contributed by atoms with Gasteiger partial charge in [-0.15, -0.1) is 0 Å². The van der Waals surface area contributed by atoms with Gasteiger partial charge in [0.2, 0.25) is 0 Å². The number of pyridine rings is 3. The monoisotopic (exact) mass is 533 g/mol. The van der Waals surface area contributed by atoms with Crippen LogP contribution in [0.2, 0.25) is 0 Å². The average molecular weight is 534 g/mol. The zero-order chi connectivity index (χ0) is 27.7. The Morgan fingerprint density at radius 2 is 1.03 bits per heavy atom. The summed E-state index contributed by atoms with van der Waals surface area (Å²) in [4.78, 5) is 50.3. The molecule has 0 aliphatic carbocycles. The molecule has 39 heavy (non-hydrogen) atoms. The number of nitrogens with zero attached hydrogens (tertiary/aromatic N) is 5. The van der Waals surface area contributed by atoms with Crippen molar-refractivity contribution in [3.8, 4) is 0 Å². The SMILES string of the molecule is C1CNCCNC1.O=C(O)c1ccccn1.O=C(c1ccccn1)N1CCCN(C(=O)c2ccccn2)CC1. The van der Waals surface area contributed by atoms with Crippen molar-refractivity contribution < 1.29 is 19.5 Å². The topological polar surface area (TPSA) is 141 Å². The molecule has 2 amide bonds. The normalized spacial score (nSPS) is 15.3. The van der Waals surface area contributed by atoms with Crippen molar-refractivity contribution in [1.82, 2.24) is 35.4 Å². The largest absolute Gasteiger partial charge is 0.477 e. The summed E-state index contributed by atoms with van der Waals surface area (Å²) in [6, 6.07) is 15.3. The molecule has 0 saturated carbocycles. The molecule has 0 spiro atoms. The summed E-state index contributed by atoms with van der Waals surface area (Å²) in [6.45, 7) is 6.92. The molecule has 0 unspecified atom stereocenters. The van der Waals surface area contributed by atoms with Gasteiger partial charge in [0.15, 0.2) is 0 Å². The number of aromatic nitrogens is 3. The first-order valence-electron chi connectivity index (χ1n) is 13.0. The van der Waals surface area contributed by atoms with Gasteiger partial charge >= 0.3 is 5.97 Å². The zero-order valence-corrected chi connectivity index (χ0v) is 21.9. The molecule has 11 heteroatoms. The lowest BCUT2D eigenvalue weighted by molar-refractivity contribution is 0.0689. The molecule has 0 bridgehead atoms. The van der Waals surface area contributed by atoms with Crippen LogP contribution >= 0.6 is 0 Å². The maximum absolute atomic E-state index is 12.4. The number of amides is 2. The third-order valence-corrected chi connectivity index (χ3v) is 5.91. The van der Waals surface area contributed by atoms with E-state index >= 15 is 0 Å². The van der Waals surface area contributed by atoms with Gasteiger partial charge in [-0.25, -0.2) is 9.78 Å². The highest BCUT2D eigenvalue weighted by Crippen LogP contribution is 2.10. The van der Waals surface area contributed by atoms with Crippen molar-refractivity contribution in [2.45, 2.75) is 12.8 Å². The molecule has 206 valence electrons. The summed E-state index contributed by atoms with van der Waals surface area (Å²) >= 11 is 0. The Morgan fingerprint density at radius 3 is 1.38 bits per heavy atom. The number of carbonyl (C=O) groups excluding carboxylic acids is 2. The van der Waals surface area contributed by atoms with Crippen molar-refractivity contribution in [2.24, 2.45) is 0 Å². The number of hydrogen-bond donors (Lipinski definition) is 3. The van der Waals surface area contributed by atoms with E-state index in [-0.39, 0.29) is 17.5 Å². The second kappa shape index (κ2) is 16.6. The number of carboxylic acid groups (broad SMARTS) is 1. The van der Waals surface area contributed by atoms with Crippen LogP contribution in [0.5, 0.6) is 0 Å².